The van der Waals surface area contributed by atoms with Crippen molar-refractivity contribution in [3.63, 3.8) is 0 Å². The summed E-state index contributed by atoms with van der Waals surface area (Å²) < 4.78 is 0. The highest BCUT2D eigenvalue weighted by molar-refractivity contribution is 8.14. The first kappa shape index (κ1) is 14.0. The van der Waals surface area contributed by atoms with Gasteiger partial charge in [0.15, 0.2) is 5.17 Å². The zero-order valence-electron chi connectivity index (χ0n) is 10.4. The summed E-state index contributed by atoms with van der Waals surface area (Å²) in [7, 11) is 0. The van der Waals surface area contributed by atoms with E-state index >= 15 is 0 Å². The van der Waals surface area contributed by atoms with Gasteiger partial charge in [-0.15, -0.1) is 0 Å². The van der Waals surface area contributed by atoms with E-state index in [0.717, 1.165) is 22.9 Å². The molecule has 1 aliphatic rings. The van der Waals surface area contributed by atoms with E-state index in [1.54, 1.807) is 17.8 Å². The maximum atomic E-state index is 6.19. The molecule has 98 valence electrons. The Bertz CT molecular complexity index is 462. The molecule has 1 aromatic carbocycles. The fourth-order valence-corrected chi connectivity index (χ4v) is 3.54. The Morgan fingerprint density at radius 3 is 2.89 bits per heavy atom. The Morgan fingerprint density at radius 1 is 1.50 bits per heavy atom. The number of benzene rings is 1. The van der Waals surface area contributed by atoms with Gasteiger partial charge in [-0.1, -0.05) is 48.0 Å². The average molecular weight is 303 g/mol. The number of rotatable bonds is 3. The molecule has 2 nitrogen and oxygen atoms in total. The third-order valence-electron chi connectivity index (χ3n) is 2.95. The second-order valence-corrected chi connectivity index (χ2v) is 6.19. The number of amidine groups is 1. The lowest BCUT2D eigenvalue weighted by Gasteiger charge is -2.16. The van der Waals surface area contributed by atoms with Crippen molar-refractivity contribution in [3.05, 3.63) is 33.8 Å². The first-order valence-electron chi connectivity index (χ1n) is 6.02. The van der Waals surface area contributed by atoms with Gasteiger partial charge in [0.05, 0.1) is 12.1 Å². The molecule has 2 unspecified atom stereocenters. The number of hydrogen-bond donors (Lipinski definition) is 1. The highest BCUT2D eigenvalue weighted by Gasteiger charge is 2.19. The number of halogens is 2. The standard InChI is InChI=1S/C13H16Cl2N2S/c1-3-10-7-18-13(17-10)16-8(2)11-5-4-9(14)6-12(11)15/h4-6,8,10H,3,7H2,1-2H3,(H,16,17). The Labute approximate surface area is 122 Å². The quantitative estimate of drug-likeness (QED) is 0.887. The molecule has 1 aliphatic heterocycles. The zero-order chi connectivity index (χ0) is 13.1. The molecular formula is C13H16Cl2N2S. The molecule has 2 rings (SSSR count). The van der Waals surface area contributed by atoms with Crippen LogP contribution in [0.5, 0.6) is 0 Å². The van der Waals surface area contributed by atoms with E-state index in [1.165, 1.54) is 0 Å². The van der Waals surface area contributed by atoms with Crippen LogP contribution in [0.1, 0.15) is 31.9 Å². The number of nitrogens with one attached hydrogen (secondary N) is 1. The van der Waals surface area contributed by atoms with Crippen molar-refractivity contribution >= 4 is 40.1 Å². The van der Waals surface area contributed by atoms with Crippen LogP contribution in [-0.4, -0.2) is 17.0 Å². The SMILES string of the molecule is CCC1CSC(NC(C)c2ccc(Cl)cc2Cl)=N1. The van der Waals surface area contributed by atoms with Crippen LogP contribution in [0.4, 0.5) is 0 Å². The molecule has 1 aromatic rings. The average Bonchev–Trinajstić information content (AvgIpc) is 2.76. The smallest absolute Gasteiger partial charge is 0.157 e. The molecular weight excluding hydrogens is 287 g/mol. The summed E-state index contributed by atoms with van der Waals surface area (Å²) in [6.07, 6.45) is 1.09. The van der Waals surface area contributed by atoms with Gasteiger partial charge in [0.25, 0.3) is 0 Å². The molecule has 0 aliphatic carbocycles. The molecule has 0 aromatic heterocycles. The third kappa shape index (κ3) is 3.34. The number of thioether (sulfide) groups is 1. The van der Waals surface area contributed by atoms with Crippen LogP contribution < -0.4 is 5.32 Å². The van der Waals surface area contributed by atoms with Crippen LogP contribution >= 0.6 is 35.0 Å². The van der Waals surface area contributed by atoms with Crippen molar-refractivity contribution in [2.75, 3.05) is 5.75 Å². The molecule has 5 heteroatoms. The highest BCUT2D eigenvalue weighted by atomic mass is 35.5. The van der Waals surface area contributed by atoms with Gasteiger partial charge in [0.2, 0.25) is 0 Å². The van der Waals surface area contributed by atoms with Gasteiger partial charge in [0.1, 0.15) is 0 Å². The minimum Gasteiger partial charge on any atom is -0.358 e. The topological polar surface area (TPSA) is 24.4 Å². The van der Waals surface area contributed by atoms with Gasteiger partial charge < -0.3 is 5.32 Å². The molecule has 0 spiro atoms. The van der Waals surface area contributed by atoms with Crippen molar-refractivity contribution in [1.82, 2.24) is 5.32 Å². The lowest BCUT2D eigenvalue weighted by molar-refractivity contribution is 0.702. The Balaban J connectivity index is 2.06. The van der Waals surface area contributed by atoms with Crippen molar-refractivity contribution in [1.29, 1.82) is 0 Å². The van der Waals surface area contributed by atoms with E-state index in [-0.39, 0.29) is 6.04 Å². The molecule has 2 atom stereocenters. The molecule has 1 N–H and O–H groups in total. The summed E-state index contributed by atoms with van der Waals surface area (Å²) in [5.74, 6) is 1.07. The van der Waals surface area contributed by atoms with Crippen LogP contribution in [0.2, 0.25) is 10.0 Å². The molecule has 18 heavy (non-hydrogen) atoms. The zero-order valence-corrected chi connectivity index (χ0v) is 12.7. The first-order valence-corrected chi connectivity index (χ1v) is 7.76. The fourth-order valence-electron chi connectivity index (χ4n) is 1.82. The summed E-state index contributed by atoms with van der Waals surface area (Å²) in [5.41, 5.74) is 1.05. The lowest BCUT2D eigenvalue weighted by atomic mass is 10.1. The van der Waals surface area contributed by atoms with Crippen LogP contribution in [-0.2, 0) is 0 Å². The van der Waals surface area contributed by atoms with Crippen LogP contribution in [0.25, 0.3) is 0 Å². The summed E-state index contributed by atoms with van der Waals surface area (Å²) >= 11 is 13.9. The minimum absolute atomic E-state index is 0.136. The third-order valence-corrected chi connectivity index (χ3v) is 4.56. The number of hydrogen-bond acceptors (Lipinski definition) is 3. The fraction of sp³-hybridized carbons (Fsp3) is 0.462. The molecule has 0 bridgehead atoms. The van der Waals surface area contributed by atoms with E-state index in [9.17, 15) is 0 Å². The second-order valence-electron chi connectivity index (χ2n) is 4.34. The van der Waals surface area contributed by atoms with E-state index in [1.807, 2.05) is 12.1 Å². The maximum absolute atomic E-state index is 6.19. The van der Waals surface area contributed by atoms with Gasteiger partial charge in [-0.25, -0.2) is 0 Å². The Hall–Kier alpha value is -0.380. The van der Waals surface area contributed by atoms with Crippen molar-refractivity contribution in [2.24, 2.45) is 4.99 Å². The Morgan fingerprint density at radius 2 is 2.28 bits per heavy atom. The Kier molecular flexibility index (Phi) is 4.82. The molecule has 0 radical (unpaired) electrons. The lowest BCUT2D eigenvalue weighted by Crippen LogP contribution is -2.23. The van der Waals surface area contributed by atoms with E-state index in [2.05, 4.69) is 24.2 Å². The van der Waals surface area contributed by atoms with Crippen LogP contribution in [0.15, 0.2) is 23.2 Å². The minimum atomic E-state index is 0.136. The second kappa shape index (κ2) is 6.18. The molecule has 1 heterocycles. The molecule has 0 amide bonds. The van der Waals surface area contributed by atoms with Gasteiger partial charge in [-0.05, 0) is 31.0 Å². The van der Waals surface area contributed by atoms with E-state index in [4.69, 9.17) is 23.2 Å². The number of nitrogens with zero attached hydrogens (tertiary/aromatic N) is 1. The van der Waals surface area contributed by atoms with E-state index < -0.39 is 0 Å². The highest BCUT2D eigenvalue weighted by Crippen LogP contribution is 2.27. The molecule has 0 fully saturated rings. The van der Waals surface area contributed by atoms with Gasteiger partial charge >= 0.3 is 0 Å². The largest absolute Gasteiger partial charge is 0.358 e. The van der Waals surface area contributed by atoms with Gasteiger partial charge in [-0.3, -0.25) is 4.99 Å². The molecule has 0 saturated carbocycles. The van der Waals surface area contributed by atoms with Gasteiger partial charge in [-0.2, -0.15) is 0 Å². The van der Waals surface area contributed by atoms with Crippen molar-refractivity contribution < 1.29 is 0 Å². The predicted octanol–water partition coefficient (Wildman–Crippen LogP) is 4.53. The van der Waals surface area contributed by atoms with Crippen molar-refractivity contribution in [2.45, 2.75) is 32.4 Å². The van der Waals surface area contributed by atoms with Crippen molar-refractivity contribution in [3.8, 4) is 0 Å². The van der Waals surface area contributed by atoms with Crippen LogP contribution in [0.3, 0.4) is 0 Å². The predicted molar refractivity (Wildman–Crippen MR) is 82.0 cm³/mol. The first-order chi connectivity index (χ1) is 8.60. The summed E-state index contributed by atoms with van der Waals surface area (Å²) in [6, 6.07) is 6.18. The summed E-state index contributed by atoms with van der Waals surface area (Å²) in [4.78, 5) is 4.62. The monoisotopic (exact) mass is 302 g/mol. The van der Waals surface area contributed by atoms with Gasteiger partial charge in [0, 0.05) is 15.8 Å². The normalized spacial score (nSPS) is 20.7. The molecule has 0 saturated heterocycles. The summed E-state index contributed by atoms with van der Waals surface area (Å²) in [5, 5.41) is 5.77. The maximum Gasteiger partial charge on any atom is 0.157 e. The van der Waals surface area contributed by atoms with E-state index in [0.29, 0.717) is 16.1 Å². The van der Waals surface area contributed by atoms with Crippen LogP contribution in [0, 0.1) is 0 Å². The number of aliphatic imine (C=N–C) groups is 1. The summed E-state index contributed by atoms with van der Waals surface area (Å²) in [6.45, 7) is 4.24.